The van der Waals surface area contributed by atoms with Crippen LogP contribution in [0.3, 0.4) is 0 Å². The predicted molar refractivity (Wildman–Crippen MR) is 70.2 cm³/mol. The van der Waals surface area contributed by atoms with Gasteiger partial charge in [-0.05, 0) is 47.8 Å². The summed E-state index contributed by atoms with van der Waals surface area (Å²) in [6, 6.07) is 6.02. The van der Waals surface area contributed by atoms with E-state index in [9.17, 15) is 8.42 Å². The van der Waals surface area contributed by atoms with Gasteiger partial charge in [0.05, 0.1) is 5.75 Å². The van der Waals surface area contributed by atoms with Gasteiger partial charge in [0.25, 0.3) is 0 Å². The largest absolute Gasteiger partial charge is 0.454 e. The molecule has 19 heavy (non-hydrogen) atoms. The molecule has 2 bridgehead atoms. The molecule has 4 nitrogen and oxygen atoms in total. The molecule has 0 atom stereocenters. The van der Waals surface area contributed by atoms with Crippen molar-refractivity contribution >= 4 is 19.7 Å². The molecule has 3 saturated carbocycles. The fourth-order valence-corrected chi connectivity index (χ4v) is 5.78. The van der Waals surface area contributed by atoms with E-state index in [1.807, 2.05) is 12.1 Å². The number of ether oxygens (including phenoxy) is 2. The van der Waals surface area contributed by atoms with Crippen LogP contribution in [-0.4, -0.2) is 21.0 Å². The van der Waals surface area contributed by atoms with Crippen molar-refractivity contribution in [1.29, 1.82) is 0 Å². The topological polar surface area (TPSA) is 52.6 Å². The van der Waals surface area contributed by atoms with E-state index < -0.39 is 9.05 Å². The Kier molecular flexibility index (Phi) is 2.11. The van der Waals surface area contributed by atoms with Crippen LogP contribution in [0.25, 0.3) is 0 Å². The zero-order valence-electron chi connectivity index (χ0n) is 10.2. The van der Waals surface area contributed by atoms with Crippen LogP contribution >= 0.6 is 10.7 Å². The highest BCUT2D eigenvalue weighted by molar-refractivity contribution is 8.13. The summed E-state index contributed by atoms with van der Waals surface area (Å²) in [5, 5.41) is 0. The molecular weight excluding hydrogens is 288 g/mol. The van der Waals surface area contributed by atoms with Crippen LogP contribution in [0.15, 0.2) is 18.2 Å². The Morgan fingerprint density at radius 2 is 1.84 bits per heavy atom. The molecule has 4 aliphatic rings. The van der Waals surface area contributed by atoms with E-state index in [4.69, 9.17) is 20.2 Å². The van der Waals surface area contributed by atoms with Gasteiger partial charge >= 0.3 is 0 Å². The van der Waals surface area contributed by atoms with Crippen molar-refractivity contribution in [3.05, 3.63) is 23.8 Å². The monoisotopic (exact) mass is 300 g/mol. The van der Waals surface area contributed by atoms with Gasteiger partial charge in [0.15, 0.2) is 11.5 Å². The summed E-state index contributed by atoms with van der Waals surface area (Å²) in [5.41, 5.74) is 1.30. The quantitative estimate of drug-likeness (QED) is 0.804. The molecule has 1 aromatic rings. The molecule has 3 fully saturated rings. The molecule has 0 aromatic heterocycles. The molecule has 0 saturated heterocycles. The van der Waals surface area contributed by atoms with Gasteiger partial charge in [-0.3, -0.25) is 0 Å². The number of benzene rings is 1. The van der Waals surface area contributed by atoms with E-state index in [-0.39, 0.29) is 23.4 Å². The summed E-state index contributed by atoms with van der Waals surface area (Å²) in [6.45, 7) is 0.278. The average Bonchev–Trinajstić information content (AvgIpc) is 2.66. The minimum atomic E-state index is -3.40. The Bertz CT molecular complexity index is 647. The van der Waals surface area contributed by atoms with E-state index in [0.29, 0.717) is 0 Å². The maximum atomic E-state index is 11.2. The summed E-state index contributed by atoms with van der Waals surface area (Å²) in [7, 11) is 1.96. The van der Waals surface area contributed by atoms with Gasteiger partial charge in [-0.1, -0.05) is 6.07 Å². The van der Waals surface area contributed by atoms with E-state index in [1.165, 1.54) is 5.56 Å². The van der Waals surface area contributed by atoms with E-state index in [2.05, 4.69) is 6.07 Å². The summed E-state index contributed by atoms with van der Waals surface area (Å²) < 4.78 is 33.1. The maximum Gasteiger partial charge on any atom is 0.233 e. The molecule has 0 N–H and O–H groups in total. The second-order valence-corrected chi connectivity index (χ2v) is 8.84. The lowest BCUT2D eigenvalue weighted by atomic mass is 9.34. The van der Waals surface area contributed by atoms with Crippen LogP contribution in [0.1, 0.15) is 24.8 Å². The normalized spacial score (nSPS) is 34.6. The molecule has 6 heteroatoms. The first-order valence-corrected chi connectivity index (χ1v) is 8.70. The molecule has 0 radical (unpaired) electrons. The van der Waals surface area contributed by atoms with Crippen LogP contribution in [0.2, 0.25) is 0 Å². The van der Waals surface area contributed by atoms with Crippen molar-refractivity contribution in [3.63, 3.8) is 0 Å². The van der Waals surface area contributed by atoms with Crippen molar-refractivity contribution in [3.8, 4) is 11.5 Å². The van der Waals surface area contributed by atoms with Crippen LogP contribution in [-0.2, 0) is 14.5 Å². The minimum absolute atomic E-state index is 0.0725. The predicted octanol–water partition coefficient (Wildman–Crippen LogP) is 2.41. The fraction of sp³-hybridized carbons (Fsp3) is 0.538. The molecule has 0 amide bonds. The number of hydrogen-bond donors (Lipinski definition) is 0. The molecule has 5 rings (SSSR count). The molecule has 1 aliphatic heterocycles. The molecule has 0 spiro atoms. The maximum absolute atomic E-state index is 11.2. The van der Waals surface area contributed by atoms with E-state index in [1.54, 1.807) is 0 Å². The fourth-order valence-electron chi connectivity index (χ4n) is 4.05. The molecule has 0 unspecified atom stereocenters. The third kappa shape index (κ3) is 1.68. The lowest BCUT2D eigenvalue weighted by Crippen LogP contribution is -2.66. The van der Waals surface area contributed by atoms with Crippen LogP contribution in [0, 0.1) is 5.41 Å². The Morgan fingerprint density at radius 3 is 2.53 bits per heavy atom. The van der Waals surface area contributed by atoms with Crippen LogP contribution in [0.4, 0.5) is 0 Å². The number of rotatable bonds is 3. The first kappa shape index (κ1) is 11.9. The smallest absolute Gasteiger partial charge is 0.233 e. The lowest BCUT2D eigenvalue weighted by Gasteiger charge is -2.71. The first-order chi connectivity index (χ1) is 8.90. The molecule has 1 heterocycles. The van der Waals surface area contributed by atoms with Gasteiger partial charge in [-0.25, -0.2) is 8.42 Å². The van der Waals surface area contributed by atoms with Gasteiger partial charge in [0.1, 0.15) is 0 Å². The van der Waals surface area contributed by atoms with Gasteiger partial charge < -0.3 is 9.47 Å². The van der Waals surface area contributed by atoms with Crippen molar-refractivity contribution < 1.29 is 17.9 Å². The Labute approximate surface area is 116 Å². The Hall–Kier alpha value is -0.940. The van der Waals surface area contributed by atoms with E-state index in [0.717, 1.165) is 30.8 Å². The van der Waals surface area contributed by atoms with Gasteiger partial charge in [0, 0.05) is 10.7 Å². The average molecular weight is 301 g/mol. The zero-order valence-corrected chi connectivity index (χ0v) is 11.8. The highest BCUT2D eigenvalue weighted by Crippen LogP contribution is 2.74. The first-order valence-electron chi connectivity index (χ1n) is 6.22. The lowest BCUT2D eigenvalue weighted by molar-refractivity contribution is -0.122. The zero-order chi connectivity index (χ0) is 13.3. The summed E-state index contributed by atoms with van der Waals surface area (Å²) in [4.78, 5) is 0. The van der Waals surface area contributed by atoms with Crippen LogP contribution in [0.5, 0.6) is 11.5 Å². The second kappa shape index (κ2) is 3.38. The number of hydrogen-bond acceptors (Lipinski definition) is 4. The molecule has 102 valence electrons. The van der Waals surface area contributed by atoms with Crippen LogP contribution < -0.4 is 9.47 Å². The summed E-state index contributed by atoms with van der Waals surface area (Å²) in [5.74, 6) is 1.68. The highest BCUT2D eigenvalue weighted by Gasteiger charge is 2.69. The second-order valence-electron chi connectivity index (χ2n) is 6.06. The third-order valence-electron chi connectivity index (χ3n) is 4.60. The summed E-state index contributed by atoms with van der Waals surface area (Å²) in [6.07, 6.45) is 2.72. The standard InChI is InChI=1S/C13H13ClO4S/c14-19(15,16)7-12-4-13(5-12,6-12)9-1-2-10-11(3-9)18-8-17-10/h1-3H,4-8H2. The van der Waals surface area contributed by atoms with Crippen molar-refractivity contribution in [1.82, 2.24) is 0 Å². The SMILES string of the molecule is O=S(=O)(Cl)CC12CC(c3ccc4c(c3)OCO4)(C1)C2. The number of fused-ring (bicyclic) bond motifs is 1. The van der Waals surface area contributed by atoms with E-state index >= 15 is 0 Å². The molecular formula is C13H13ClO4S. The Balaban J connectivity index is 1.55. The van der Waals surface area contributed by atoms with Gasteiger partial charge in [-0.2, -0.15) is 0 Å². The van der Waals surface area contributed by atoms with Gasteiger partial charge in [0.2, 0.25) is 15.8 Å². The highest BCUT2D eigenvalue weighted by atomic mass is 35.7. The molecule has 3 aliphatic carbocycles. The summed E-state index contributed by atoms with van der Waals surface area (Å²) >= 11 is 0. The van der Waals surface area contributed by atoms with Gasteiger partial charge in [-0.15, -0.1) is 0 Å². The molecule has 1 aromatic carbocycles. The van der Waals surface area contributed by atoms with Crippen molar-refractivity contribution in [2.24, 2.45) is 5.41 Å². The third-order valence-corrected chi connectivity index (χ3v) is 5.89. The van der Waals surface area contributed by atoms with Crippen molar-refractivity contribution in [2.45, 2.75) is 24.7 Å². The Morgan fingerprint density at radius 1 is 1.16 bits per heavy atom. The van der Waals surface area contributed by atoms with Crippen molar-refractivity contribution in [2.75, 3.05) is 12.5 Å². The number of halogens is 1. The minimum Gasteiger partial charge on any atom is -0.454 e.